The third-order valence-electron chi connectivity index (χ3n) is 2.07. The summed E-state index contributed by atoms with van der Waals surface area (Å²) in [6.45, 7) is 8.01. The van der Waals surface area contributed by atoms with Gasteiger partial charge in [0.1, 0.15) is 0 Å². The van der Waals surface area contributed by atoms with Crippen molar-refractivity contribution in [3.8, 4) is 0 Å². The average Bonchev–Trinajstić information content (AvgIpc) is 2.28. The second kappa shape index (κ2) is 9.57. The van der Waals surface area contributed by atoms with Crippen molar-refractivity contribution in [2.75, 3.05) is 33.4 Å². The topological polar surface area (TPSA) is 56.8 Å². The number of carbonyl (C=O) groups excluding carboxylic acids is 1. The van der Waals surface area contributed by atoms with Crippen molar-refractivity contribution in [2.24, 2.45) is 5.92 Å². The molecule has 5 nitrogen and oxygen atoms in total. The van der Waals surface area contributed by atoms with Crippen molar-refractivity contribution in [1.82, 2.24) is 5.32 Å². The molecule has 0 saturated heterocycles. The summed E-state index contributed by atoms with van der Waals surface area (Å²) < 4.78 is 15.3. The molecular formula is C11H23NO4. The number of nitrogens with one attached hydrogen (secondary N) is 1. The average molecular weight is 233 g/mol. The maximum absolute atomic E-state index is 11.1. The quantitative estimate of drug-likeness (QED) is 0.471. The van der Waals surface area contributed by atoms with Crippen LogP contribution in [-0.2, 0) is 19.0 Å². The van der Waals surface area contributed by atoms with Crippen LogP contribution < -0.4 is 5.32 Å². The Balaban J connectivity index is 3.71. The molecule has 16 heavy (non-hydrogen) atoms. The molecule has 0 amide bonds. The van der Waals surface area contributed by atoms with Gasteiger partial charge in [0.25, 0.3) is 0 Å². The van der Waals surface area contributed by atoms with E-state index in [4.69, 9.17) is 9.47 Å². The van der Waals surface area contributed by atoms with E-state index >= 15 is 0 Å². The summed E-state index contributed by atoms with van der Waals surface area (Å²) in [5, 5.41) is 3.12. The Morgan fingerprint density at radius 2 is 1.75 bits per heavy atom. The van der Waals surface area contributed by atoms with Crippen LogP contribution in [0.15, 0.2) is 0 Å². The predicted molar refractivity (Wildman–Crippen MR) is 61.1 cm³/mol. The zero-order chi connectivity index (χ0) is 12.4. The molecule has 0 bridgehead atoms. The van der Waals surface area contributed by atoms with Crippen molar-refractivity contribution in [2.45, 2.75) is 27.1 Å². The summed E-state index contributed by atoms with van der Waals surface area (Å²) in [5.41, 5.74) is 0. The Kier molecular flexibility index (Phi) is 9.18. The minimum atomic E-state index is -0.250. The lowest BCUT2D eigenvalue weighted by Gasteiger charge is -2.18. The van der Waals surface area contributed by atoms with Crippen molar-refractivity contribution in [3.05, 3.63) is 0 Å². The van der Waals surface area contributed by atoms with Crippen LogP contribution in [0.2, 0.25) is 0 Å². The molecule has 0 aromatic rings. The number of rotatable bonds is 9. The molecule has 5 heteroatoms. The van der Waals surface area contributed by atoms with E-state index in [1.807, 2.05) is 20.8 Å². The summed E-state index contributed by atoms with van der Waals surface area (Å²) in [6, 6.07) is 0. The van der Waals surface area contributed by atoms with Crippen LogP contribution in [0.4, 0.5) is 0 Å². The van der Waals surface area contributed by atoms with Gasteiger partial charge >= 0.3 is 5.97 Å². The fraction of sp³-hybridized carbons (Fsp3) is 0.909. The summed E-state index contributed by atoms with van der Waals surface area (Å²) in [4.78, 5) is 11.1. The van der Waals surface area contributed by atoms with E-state index < -0.39 is 0 Å². The fourth-order valence-electron chi connectivity index (χ4n) is 1.24. The lowest BCUT2D eigenvalue weighted by Crippen LogP contribution is -2.35. The number of esters is 1. The predicted octanol–water partition coefficient (Wildman–Crippen LogP) is 0.784. The van der Waals surface area contributed by atoms with Gasteiger partial charge in [-0.15, -0.1) is 0 Å². The van der Waals surface area contributed by atoms with E-state index in [0.717, 1.165) is 0 Å². The van der Waals surface area contributed by atoms with Crippen LogP contribution in [0.5, 0.6) is 0 Å². The van der Waals surface area contributed by atoms with Gasteiger partial charge in [-0.05, 0) is 13.8 Å². The first kappa shape index (κ1) is 15.3. The molecule has 0 aliphatic rings. The highest BCUT2D eigenvalue weighted by atomic mass is 16.7. The van der Waals surface area contributed by atoms with Gasteiger partial charge in [-0.3, -0.25) is 4.79 Å². The number of ether oxygens (including phenoxy) is 3. The molecule has 0 aliphatic heterocycles. The molecular weight excluding hydrogens is 210 g/mol. The summed E-state index contributed by atoms with van der Waals surface area (Å²) >= 11 is 0. The van der Waals surface area contributed by atoms with Gasteiger partial charge in [0.2, 0.25) is 0 Å². The zero-order valence-electron chi connectivity index (χ0n) is 10.6. The highest BCUT2D eigenvalue weighted by Crippen LogP contribution is 1.97. The minimum Gasteiger partial charge on any atom is -0.469 e. The SMILES string of the molecule is CCOC(CNC[C@H](C)C(=O)OC)OCC. The zero-order valence-corrected chi connectivity index (χ0v) is 10.6. The highest BCUT2D eigenvalue weighted by Gasteiger charge is 2.14. The highest BCUT2D eigenvalue weighted by molar-refractivity contribution is 5.71. The van der Waals surface area contributed by atoms with E-state index in [0.29, 0.717) is 26.3 Å². The van der Waals surface area contributed by atoms with E-state index in [2.05, 4.69) is 10.1 Å². The van der Waals surface area contributed by atoms with Gasteiger partial charge in [0.05, 0.1) is 13.0 Å². The van der Waals surface area contributed by atoms with Crippen molar-refractivity contribution in [3.63, 3.8) is 0 Å². The Hall–Kier alpha value is -0.650. The van der Waals surface area contributed by atoms with E-state index in [-0.39, 0.29) is 18.2 Å². The molecule has 0 aliphatic carbocycles. The molecule has 1 atom stereocenters. The minimum absolute atomic E-state index is 0.158. The molecule has 0 aromatic heterocycles. The second-order valence-electron chi connectivity index (χ2n) is 3.42. The lowest BCUT2D eigenvalue weighted by molar-refractivity contribution is -0.145. The van der Waals surface area contributed by atoms with Gasteiger partial charge in [0.15, 0.2) is 6.29 Å². The van der Waals surface area contributed by atoms with E-state index in [1.165, 1.54) is 7.11 Å². The number of hydrogen-bond acceptors (Lipinski definition) is 5. The molecule has 96 valence electrons. The molecule has 1 N–H and O–H groups in total. The van der Waals surface area contributed by atoms with Crippen molar-refractivity contribution < 1.29 is 19.0 Å². The van der Waals surface area contributed by atoms with Crippen molar-refractivity contribution in [1.29, 1.82) is 0 Å². The Labute approximate surface area is 97.4 Å². The van der Waals surface area contributed by atoms with Gasteiger partial charge in [0, 0.05) is 26.3 Å². The molecule has 0 unspecified atom stereocenters. The maximum atomic E-state index is 11.1. The van der Waals surface area contributed by atoms with Crippen LogP contribution in [0.1, 0.15) is 20.8 Å². The van der Waals surface area contributed by atoms with Gasteiger partial charge < -0.3 is 19.5 Å². The van der Waals surface area contributed by atoms with Crippen LogP contribution in [-0.4, -0.2) is 45.7 Å². The van der Waals surface area contributed by atoms with E-state index in [9.17, 15) is 4.79 Å². The Morgan fingerprint density at radius 3 is 2.19 bits per heavy atom. The lowest BCUT2D eigenvalue weighted by atomic mass is 10.2. The standard InChI is InChI=1S/C11H23NO4/c1-5-15-10(16-6-2)8-12-7-9(3)11(13)14-4/h9-10,12H,5-8H2,1-4H3/t9-/m0/s1. The molecule has 0 radical (unpaired) electrons. The number of hydrogen-bond donors (Lipinski definition) is 1. The second-order valence-corrected chi connectivity index (χ2v) is 3.42. The fourth-order valence-corrected chi connectivity index (χ4v) is 1.24. The van der Waals surface area contributed by atoms with Gasteiger partial charge in [-0.2, -0.15) is 0 Å². The summed E-state index contributed by atoms with van der Waals surface area (Å²) in [6.07, 6.45) is -0.250. The van der Waals surface area contributed by atoms with Gasteiger partial charge in [-0.25, -0.2) is 0 Å². The molecule has 0 saturated carbocycles. The largest absolute Gasteiger partial charge is 0.469 e. The normalized spacial score (nSPS) is 12.8. The molecule has 0 aromatic carbocycles. The Morgan fingerprint density at radius 1 is 1.19 bits per heavy atom. The van der Waals surface area contributed by atoms with Crippen LogP contribution in [0, 0.1) is 5.92 Å². The third kappa shape index (κ3) is 6.76. The first-order chi connectivity index (χ1) is 7.65. The molecule has 0 heterocycles. The maximum Gasteiger partial charge on any atom is 0.309 e. The first-order valence-corrected chi connectivity index (χ1v) is 5.67. The molecule has 0 fully saturated rings. The van der Waals surface area contributed by atoms with Crippen LogP contribution >= 0.6 is 0 Å². The summed E-state index contributed by atoms with van der Waals surface area (Å²) in [5.74, 6) is -0.370. The van der Waals surface area contributed by atoms with Crippen LogP contribution in [0.25, 0.3) is 0 Å². The third-order valence-corrected chi connectivity index (χ3v) is 2.07. The Bertz CT molecular complexity index is 181. The van der Waals surface area contributed by atoms with Crippen molar-refractivity contribution >= 4 is 5.97 Å². The smallest absolute Gasteiger partial charge is 0.309 e. The number of carbonyl (C=O) groups is 1. The van der Waals surface area contributed by atoms with Crippen LogP contribution in [0.3, 0.4) is 0 Å². The first-order valence-electron chi connectivity index (χ1n) is 5.67. The summed E-state index contributed by atoms with van der Waals surface area (Å²) in [7, 11) is 1.39. The number of methoxy groups -OCH3 is 1. The molecule has 0 spiro atoms. The van der Waals surface area contributed by atoms with E-state index in [1.54, 1.807) is 0 Å². The molecule has 0 rings (SSSR count). The van der Waals surface area contributed by atoms with Gasteiger partial charge in [-0.1, -0.05) is 6.92 Å². The monoisotopic (exact) mass is 233 g/mol.